The second-order valence-corrected chi connectivity index (χ2v) is 10.3. The minimum Gasteiger partial charge on any atom is -0.478 e. The van der Waals surface area contributed by atoms with E-state index >= 15 is 0 Å². The maximum absolute atomic E-state index is 14.2. The van der Waals surface area contributed by atoms with E-state index < -0.39 is 37.6 Å². The number of amides is 1. The average molecular weight is 575 g/mol. The van der Waals surface area contributed by atoms with Crippen LogP contribution in [0.3, 0.4) is 0 Å². The van der Waals surface area contributed by atoms with E-state index in [-0.39, 0.29) is 22.6 Å². The zero-order chi connectivity index (χ0) is 27.4. The van der Waals surface area contributed by atoms with Gasteiger partial charge in [-0.2, -0.15) is 0 Å². The standard InChI is InChI=1S/C26H17Cl2FN2O6S/c27-16-7-9-17(10-8-16)30-22-12-11-19(14-20(22)26(33)34)37-18-4-1-3-15(13-18)25(32)31-38(35,36)23-6-2-5-21(28)24(23)29/h1-14,30H,(H,31,32)(H,33,34). The van der Waals surface area contributed by atoms with Crippen LogP contribution in [0.4, 0.5) is 15.8 Å². The largest absolute Gasteiger partial charge is 0.478 e. The van der Waals surface area contributed by atoms with Crippen molar-refractivity contribution in [3.05, 3.63) is 112 Å². The van der Waals surface area contributed by atoms with E-state index in [0.717, 1.165) is 6.07 Å². The summed E-state index contributed by atoms with van der Waals surface area (Å²) in [6, 6.07) is 19.9. The summed E-state index contributed by atoms with van der Waals surface area (Å²) in [6.07, 6.45) is 0. The molecule has 0 aliphatic rings. The zero-order valence-corrected chi connectivity index (χ0v) is 21.4. The van der Waals surface area contributed by atoms with Crippen molar-refractivity contribution in [2.24, 2.45) is 0 Å². The molecule has 12 heteroatoms. The SMILES string of the molecule is O=C(NS(=O)(=O)c1cccc(Cl)c1F)c1cccc(Oc2ccc(Nc3ccc(Cl)cc3)c(C(=O)O)c2)c1. The predicted molar refractivity (Wildman–Crippen MR) is 141 cm³/mol. The fraction of sp³-hybridized carbons (Fsp3) is 0. The maximum atomic E-state index is 14.2. The number of anilines is 2. The van der Waals surface area contributed by atoms with Gasteiger partial charge in [0.05, 0.1) is 16.3 Å². The van der Waals surface area contributed by atoms with Crippen molar-refractivity contribution in [3.63, 3.8) is 0 Å². The molecule has 4 aromatic carbocycles. The summed E-state index contributed by atoms with van der Waals surface area (Å²) in [5.74, 6) is -3.16. The van der Waals surface area contributed by atoms with Crippen LogP contribution in [-0.2, 0) is 10.0 Å². The Hall–Kier alpha value is -4.12. The van der Waals surface area contributed by atoms with Crippen molar-refractivity contribution in [2.75, 3.05) is 5.32 Å². The minimum atomic E-state index is -4.56. The quantitative estimate of drug-likeness (QED) is 0.220. The van der Waals surface area contributed by atoms with Gasteiger partial charge in [-0.05, 0) is 72.8 Å². The number of aromatic carboxylic acids is 1. The van der Waals surface area contributed by atoms with Crippen molar-refractivity contribution < 1.29 is 32.2 Å². The van der Waals surface area contributed by atoms with E-state index in [4.69, 9.17) is 27.9 Å². The Morgan fingerprint density at radius 2 is 1.55 bits per heavy atom. The summed E-state index contributed by atoms with van der Waals surface area (Å²) in [6.45, 7) is 0. The average Bonchev–Trinajstić information content (AvgIpc) is 2.87. The minimum absolute atomic E-state index is 0.0824. The van der Waals surface area contributed by atoms with Gasteiger partial charge in [-0.1, -0.05) is 35.3 Å². The van der Waals surface area contributed by atoms with Gasteiger partial charge in [-0.25, -0.2) is 22.3 Å². The van der Waals surface area contributed by atoms with Gasteiger partial charge in [0.2, 0.25) is 0 Å². The van der Waals surface area contributed by atoms with Crippen molar-refractivity contribution in [1.82, 2.24) is 4.72 Å². The number of sulfonamides is 1. The number of nitrogens with one attached hydrogen (secondary N) is 2. The van der Waals surface area contributed by atoms with Crippen LogP contribution in [0.25, 0.3) is 0 Å². The summed E-state index contributed by atoms with van der Waals surface area (Å²) < 4.78 is 46.7. The van der Waals surface area contributed by atoms with E-state index in [9.17, 15) is 27.5 Å². The van der Waals surface area contributed by atoms with E-state index in [1.807, 2.05) is 0 Å². The number of carbonyl (C=O) groups is 2. The summed E-state index contributed by atoms with van der Waals surface area (Å²) >= 11 is 11.5. The van der Waals surface area contributed by atoms with Crippen LogP contribution in [0.5, 0.6) is 11.5 Å². The van der Waals surface area contributed by atoms with Crippen LogP contribution in [-0.4, -0.2) is 25.4 Å². The molecule has 38 heavy (non-hydrogen) atoms. The molecule has 1 amide bonds. The van der Waals surface area contributed by atoms with Gasteiger partial charge in [0, 0.05) is 16.3 Å². The molecule has 194 valence electrons. The topological polar surface area (TPSA) is 122 Å². The summed E-state index contributed by atoms with van der Waals surface area (Å²) in [5.41, 5.74) is 0.740. The third-order valence-electron chi connectivity index (χ3n) is 5.11. The second-order valence-electron chi connectivity index (χ2n) is 7.76. The lowest BCUT2D eigenvalue weighted by molar-refractivity contribution is 0.0697. The number of hydrogen-bond acceptors (Lipinski definition) is 6. The molecule has 0 fully saturated rings. The van der Waals surface area contributed by atoms with Gasteiger partial charge < -0.3 is 15.2 Å². The lowest BCUT2D eigenvalue weighted by Gasteiger charge is -2.13. The molecule has 0 radical (unpaired) electrons. The molecular formula is C26H17Cl2FN2O6S. The smallest absolute Gasteiger partial charge is 0.337 e. The molecule has 0 atom stereocenters. The molecule has 0 aromatic heterocycles. The molecule has 0 heterocycles. The van der Waals surface area contributed by atoms with E-state index in [0.29, 0.717) is 16.4 Å². The molecule has 0 aliphatic carbocycles. The summed E-state index contributed by atoms with van der Waals surface area (Å²) in [7, 11) is -4.56. The van der Waals surface area contributed by atoms with Crippen molar-refractivity contribution in [2.45, 2.75) is 4.90 Å². The molecule has 0 saturated carbocycles. The third kappa shape index (κ3) is 6.23. The first-order chi connectivity index (χ1) is 18.0. The Balaban J connectivity index is 1.53. The van der Waals surface area contributed by atoms with Gasteiger partial charge in [0.15, 0.2) is 5.82 Å². The number of carboxylic acid groups (broad SMARTS) is 1. The predicted octanol–water partition coefficient (Wildman–Crippen LogP) is 6.49. The number of carbonyl (C=O) groups excluding carboxylic acids is 1. The van der Waals surface area contributed by atoms with Gasteiger partial charge in [-0.15, -0.1) is 0 Å². The molecule has 0 aliphatic heterocycles. The molecular weight excluding hydrogens is 558 g/mol. The number of hydrogen-bond donors (Lipinski definition) is 3. The van der Waals surface area contributed by atoms with Gasteiger partial charge >= 0.3 is 5.97 Å². The van der Waals surface area contributed by atoms with E-state index in [1.54, 1.807) is 29.0 Å². The molecule has 0 bridgehead atoms. The Kier molecular flexibility index (Phi) is 7.86. The highest BCUT2D eigenvalue weighted by Crippen LogP contribution is 2.30. The molecule has 0 unspecified atom stereocenters. The first-order valence-electron chi connectivity index (χ1n) is 10.7. The van der Waals surface area contributed by atoms with Crippen LogP contribution < -0.4 is 14.8 Å². The van der Waals surface area contributed by atoms with Crippen LogP contribution in [0.1, 0.15) is 20.7 Å². The van der Waals surface area contributed by atoms with Crippen LogP contribution in [0, 0.1) is 5.82 Å². The number of rotatable bonds is 8. The molecule has 4 rings (SSSR count). The number of ether oxygens (including phenoxy) is 1. The summed E-state index contributed by atoms with van der Waals surface area (Å²) in [5, 5.41) is 12.8. The molecule has 4 aromatic rings. The van der Waals surface area contributed by atoms with Crippen molar-refractivity contribution in [1.29, 1.82) is 0 Å². The Morgan fingerprint density at radius 1 is 0.868 bits per heavy atom. The normalized spacial score (nSPS) is 11.0. The first kappa shape index (κ1) is 26.9. The van der Waals surface area contributed by atoms with Gasteiger partial charge in [0.1, 0.15) is 16.4 Å². The van der Waals surface area contributed by atoms with Crippen molar-refractivity contribution in [3.8, 4) is 11.5 Å². The number of benzene rings is 4. The fourth-order valence-corrected chi connectivity index (χ4v) is 4.76. The van der Waals surface area contributed by atoms with Gasteiger partial charge in [-0.3, -0.25) is 4.79 Å². The first-order valence-corrected chi connectivity index (χ1v) is 13.0. The highest BCUT2D eigenvalue weighted by atomic mass is 35.5. The van der Waals surface area contributed by atoms with Crippen LogP contribution >= 0.6 is 23.2 Å². The Bertz CT molecular complexity index is 1650. The zero-order valence-electron chi connectivity index (χ0n) is 19.1. The van der Waals surface area contributed by atoms with Gasteiger partial charge in [0.25, 0.3) is 15.9 Å². The number of halogens is 3. The lowest BCUT2D eigenvalue weighted by atomic mass is 10.1. The van der Waals surface area contributed by atoms with Crippen LogP contribution in [0.15, 0.2) is 89.8 Å². The Labute approximate surface area is 226 Å². The lowest BCUT2D eigenvalue weighted by Crippen LogP contribution is -2.31. The monoisotopic (exact) mass is 574 g/mol. The molecule has 0 saturated heterocycles. The Morgan fingerprint density at radius 3 is 2.26 bits per heavy atom. The van der Waals surface area contributed by atoms with Crippen LogP contribution in [0.2, 0.25) is 10.0 Å². The molecule has 3 N–H and O–H groups in total. The molecule has 8 nitrogen and oxygen atoms in total. The van der Waals surface area contributed by atoms with E-state index in [2.05, 4.69) is 5.32 Å². The number of carboxylic acids is 1. The summed E-state index contributed by atoms with van der Waals surface area (Å²) in [4.78, 5) is 23.7. The maximum Gasteiger partial charge on any atom is 0.337 e. The highest BCUT2D eigenvalue weighted by Gasteiger charge is 2.24. The highest BCUT2D eigenvalue weighted by molar-refractivity contribution is 7.90. The fourth-order valence-electron chi connectivity index (χ4n) is 3.33. The second kappa shape index (κ2) is 11.1. The third-order valence-corrected chi connectivity index (χ3v) is 7.00. The van der Waals surface area contributed by atoms with E-state index in [1.165, 1.54) is 54.6 Å². The van der Waals surface area contributed by atoms with Crippen molar-refractivity contribution >= 4 is 56.5 Å². The molecule has 0 spiro atoms.